The SMILES string of the molecule is CC(=O)C1=CCC2C3=CC[C@H]4C=CCC[C@]4(C)C3C[C@@H](O)[C@]12C. The summed E-state index contributed by atoms with van der Waals surface area (Å²) in [6.07, 6.45) is 14.1. The molecule has 0 radical (unpaired) electrons. The fraction of sp³-hybridized carbons (Fsp3) is 0.667. The first kappa shape index (κ1) is 15.4. The Bertz CT molecular complexity index is 640. The quantitative estimate of drug-likeness (QED) is 0.736. The highest BCUT2D eigenvalue weighted by molar-refractivity contribution is 5.95. The lowest BCUT2D eigenvalue weighted by Gasteiger charge is -2.57. The van der Waals surface area contributed by atoms with Crippen LogP contribution < -0.4 is 0 Å². The molecular formula is C21H28O2. The van der Waals surface area contributed by atoms with E-state index in [2.05, 4.69) is 38.2 Å². The van der Waals surface area contributed by atoms with Gasteiger partial charge >= 0.3 is 0 Å². The summed E-state index contributed by atoms with van der Waals surface area (Å²) in [5, 5.41) is 11.1. The summed E-state index contributed by atoms with van der Waals surface area (Å²) in [6, 6.07) is 0. The lowest BCUT2D eigenvalue weighted by molar-refractivity contribution is -0.117. The number of Topliss-reactive ketones (excluding diaryl/α,β-unsaturated/α-hetero) is 1. The van der Waals surface area contributed by atoms with Crippen LogP contribution in [0.25, 0.3) is 0 Å². The summed E-state index contributed by atoms with van der Waals surface area (Å²) < 4.78 is 0. The Labute approximate surface area is 139 Å². The molecular weight excluding hydrogens is 284 g/mol. The lowest BCUT2D eigenvalue weighted by Crippen LogP contribution is -2.53. The number of ketones is 1. The molecule has 0 bridgehead atoms. The maximum Gasteiger partial charge on any atom is 0.156 e. The molecule has 0 heterocycles. The second kappa shape index (κ2) is 4.92. The molecule has 1 fully saturated rings. The van der Waals surface area contributed by atoms with Gasteiger partial charge in [-0.05, 0) is 67.8 Å². The van der Waals surface area contributed by atoms with Gasteiger partial charge in [-0.1, -0.05) is 43.7 Å². The second-order valence-corrected chi connectivity index (χ2v) is 8.57. The predicted octanol–water partition coefficient (Wildman–Crippen LogP) is 4.21. The Morgan fingerprint density at radius 3 is 2.74 bits per heavy atom. The molecule has 23 heavy (non-hydrogen) atoms. The molecule has 1 saturated carbocycles. The van der Waals surface area contributed by atoms with E-state index in [9.17, 15) is 9.90 Å². The number of allylic oxidation sites excluding steroid dienone is 5. The zero-order valence-corrected chi connectivity index (χ0v) is 14.5. The third-order valence-corrected chi connectivity index (χ3v) is 7.67. The predicted molar refractivity (Wildman–Crippen MR) is 91.8 cm³/mol. The first-order chi connectivity index (χ1) is 10.9. The molecule has 4 aliphatic carbocycles. The molecule has 0 spiro atoms. The van der Waals surface area contributed by atoms with Crippen molar-refractivity contribution in [3.63, 3.8) is 0 Å². The maximum absolute atomic E-state index is 12.1. The van der Waals surface area contributed by atoms with E-state index in [1.54, 1.807) is 12.5 Å². The average molecular weight is 312 g/mol. The first-order valence-electron chi connectivity index (χ1n) is 9.15. The van der Waals surface area contributed by atoms with Crippen molar-refractivity contribution in [2.45, 2.75) is 59.0 Å². The summed E-state index contributed by atoms with van der Waals surface area (Å²) in [7, 11) is 0. The van der Waals surface area contributed by atoms with Crippen molar-refractivity contribution >= 4 is 5.78 Å². The number of carbonyl (C=O) groups excluding carboxylic acids is 1. The first-order valence-corrected chi connectivity index (χ1v) is 9.15. The van der Waals surface area contributed by atoms with Gasteiger partial charge in [-0.15, -0.1) is 0 Å². The van der Waals surface area contributed by atoms with E-state index in [4.69, 9.17) is 0 Å². The highest BCUT2D eigenvalue weighted by atomic mass is 16.3. The van der Waals surface area contributed by atoms with Crippen molar-refractivity contribution in [2.75, 3.05) is 0 Å². The molecule has 4 rings (SSSR count). The molecule has 0 aromatic rings. The van der Waals surface area contributed by atoms with E-state index < -0.39 is 6.10 Å². The van der Waals surface area contributed by atoms with Crippen LogP contribution in [0.15, 0.2) is 35.5 Å². The van der Waals surface area contributed by atoms with Gasteiger partial charge in [0.25, 0.3) is 0 Å². The molecule has 2 nitrogen and oxygen atoms in total. The number of fused-ring (bicyclic) bond motifs is 5. The topological polar surface area (TPSA) is 37.3 Å². The normalized spacial score (nSPS) is 48.0. The van der Waals surface area contributed by atoms with Crippen molar-refractivity contribution in [2.24, 2.45) is 28.6 Å². The Morgan fingerprint density at radius 2 is 2.00 bits per heavy atom. The number of aliphatic hydroxyl groups excluding tert-OH is 1. The Kier molecular flexibility index (Phi) is 3.29. The second-order valence-electron chi connectivity index (χ2n) is 8.57. The molecule has 0 saturated heterocycles. The molecule has 0 amide bonds. The minimum Gasteiger partial charge on any atom is -0.392 e. The Balaban J connectivity index is 1.77. The largest absolute Gasteiger partial charge is 0.392 e. The van der Waals surface area contributed by atoms with E-state index in [-0.39, 0.29) is 16.6 Å². The summed E-state index contributed by atoms with van der Waals surface area (Å²) in [4.78, 5) is 12.1. The molecule has 1 N–H and O–H groups in total. The molecule has 0 aliphatic heterocycles. The smallest absolute Gasteiger partial charge is 0.156 e. The van der Waals surface area contributed by atoms with Gasteiger partial charge in [0.1, 0.15) is 0 Å². The summed E-state index contributed by atoms with van der Waals surface area (Å²) in [5.41, 5.74) is 2.31. The van der Waals surface area contributed by atoms with Crippen LogP contribution in [0.5, 0.6) is 0 Å². The fourth-order valence-electron chi connectivity index (χ4n) is 6.19. The van der Waals surface area contributed by atoms with Crippen molar-refractivity contribution < 1.29 is 9.90 Å². The maximum atomic E-state index is 12.1. The van der Waals surface area contributed by atoms with Crippen LogP contribution in [0, 0.1) is 28.6 Å². The van der Waals surface area contributed by atoms with E-state index in [0.717, 1.165) is 31.3 Å². The summed E-state index contributed by atoms with van der Waals surface area (Å²) >= 11 is 0. The lowest BCUT2D eigenvalue weighted by atomic mass is 9.48. The number of carbonyl (C=O) groups is 1. The Morgan fingerprint density at radius 1 is 1.22 bits per heavy atom. The number of rotatable bonds is 1. The third-order valence-electron chi connectivity index (χ3n) is 7.67. The van der Waals surface area contributed by atoms with Gasteiger partial charge in [-0.2, -0.15) is 0 Å². The van der Waals surface area contributed by atoms with Crippen molar-refractivity contribution in [1.29, 1.82) is 0 Å². The summed E-state index contributed by atoms with van der Waals surface area (Å²) in [6.45, 7) is 6.20. The van der Waals surface area contributed by atoms with Crippen LogP contribution in [0.4, 0.5) is 0 Å². The van der Waals surface area contributed by atoms with E-state index in [1.165, 1.54) is 6.42 Å². The minimum atomic E-state index is -0.409. The van der Waals surface area contributed by atoms with Crippen LogP contribution in [0.2, 0.25) is 0 Å². The van der Waals surface area contributed by atoms with Crippen LogP contribution in [0.3, 0.4) is 0 Å². The molecule has 124 valence electrons. The third kappa shape index (κ3) is 1.88. The average Bonchev–Trinajstić information content (AvgIpc) is 2.87. The van der Waals surface area contributed by atoms with E-state index >= 15 is 0 Å². The highest BCUT2D eigenvalue weighted by Crippen LogP contribution is 2.63. The van der Waals surface area contributed by atoms with Crippen LogP contribution in [-0.2, 0) is 4.79 Å². The van der Waals surface area contributed by atoms with Crippen LogP contribution in [-0.4, -0.2) is 17.0 Å². The number of hydrogen-bond donors (Lipinski definition) is 1. The van der Waals surface area contributed by atoms with Crippen LogP contribution >= 0.6 is 0 Å². The van der Waals surface area contributed by atoms with E-state index in [1.807, 2.05) is 0 Å². The van der Waals surface area contributed by atoms with Gasteiger partial charge < -0.3 is 5.11 Å². The monoisotopic (exact) mass is 312 g/mol. The molecule has 0 aromatic heterocycles. The van der Waals surface area contributed by atoms with Gasteiger partial charge in [-0.3, -0.25) is 4.79 Å². The van der Waals surface area contributed by atoms with Gasteiger partial charge in [0, 0.05) is 5.41 Å². The minimum absolute atomic E-state index is 0.133. The molecule has 0 aromatic carbocycles. The number of hydrogen-bond acceptors (Lipinski definition) is 2. The van der Waals surface area contributed by atoms with Crippen molar-refractivity contribution in [1.82, 2.24) is 0 Å². The van der Waals surface area contributed by atoms with Crippen molar-refractivity contribution in [3.8, 4) is 0 Å². The zero-order chi connectivity index (χ0) is 16.4. The molecule has 2 heteroatoms. The van der Waals surface area contributed by atoms with Gasteiger partial charge in [0.2, 0.25) is 0 Å². The fourth-order valence-corrected chi connectivity index (χ4v) is 6.19. The molecule has 6 atom stereocenters. The molecule has 4 aliphatic rings. The standard InChI is InChI=1S/C21H28O2/c1-13(22)16-9-10-17-15-8-7-14-6-4-5-11-20(14,2)18(15)12-19(23)21(16,17)3/h4,6,8-9,14,17-19,23H,5,7,10-12H2,1-3H3/t14-,17?,18?,19-,20+,21-/m1/s1. The highest BCUT2D eigenvalue weighted by Gasteiger charge is 2.58. The zero-order valence-electron chi connectivity index (χ0n) is 14.5. The number of aliphatic hydroxyl groups is 1. The Hall–Kier alpha value is -1.15. The van der Waals surface area contributed by atoms with Gasteiger partial charge in [0.05, 0.1) is 6.10 Å². The summed E-state index contributed by atoms with van der Waals surface area (Å²) in [5.74, 6) is 1.54. The van der Waals surface area contributed by atoms with Gasteiger partial charge in [0.15, 0.2) is 5.78 Å². The van der Waals surface area contributed by atoms with Crippen LogP contribution in [0.1, 0.15) is 52.9 Å². The van der Waals surface area contributed by atoms with E-state index in [0.29, 0.717) is 17.8 Å². The molecule has 2 unspecified atom stereocenters. The van der Waals surface area contributed by atoms with Gasteiger partial charge in [-0.25, -0.2) is 0 Å². The van der Waals surface area contributed by atoms with Crippen molar-refractivity contribution in [3.05, 3.63) is 35.5 Å².